The Morgan fingerprint density at radius 1 is 1.56 bits per heavy atom. The van der Waals surface area contributed by atoms with Crippen LogP contribution >= 0.6 is 0 Å². The van der Waals surface area contributed by atoms with Crippen molar-refractivity contribution in [3.63, 3.8) is 0 Å². The highest BCUT2D eigenvalue weighted by molar-refractivity contribution is 5.98. The third-order valence-corrected chi connectivity index (χ3v) is 2.58. The van der Waals surface area contributed by atoms with Crippen LogP contribution < -0.4 is 5.32 Å². The highest BCUT2D eigenvalue weighted by Crippen LogP contribution is 2.16. The van der Waals surface area contributed by atoms with Crippen molar-refractivity contribution in [1.29, 1.82) is 0 Å². The maximum absolute atomic E-state index is 13.2. The van der Waals surface area contributed by atoms with Gasteiger partial charge in [0.1, 0.15) is 11.6 Å². The minimum atomic E-state index is -0.502. The van der Waals surface area contributed by atoms with Crippen molar-refractivity contribution in [2.24, 2.45) is 5.92 Å². The third-order valence-electron chi connectivity index (χ3n) is 2.58. The predicted octanol–water partition coefficient (Wildman–Crippen LogP) is 2.38. The molecule has 0 aliphatic carbocycles. The first-order valence-electron chi connectivity index (χ1n) is 6.12. The minimum absolute atomic E-state index is 0.192. The van der Waals surface area contributed by atoms with Crippen LogP contribution in [0.25, 0.3) is 0 Å². The summed E-state index contributed by atoms with van der Waals surface area (Å²) >= 11 is 0. The Bertz CT molecular complexity index is 421. The topological polar surface area (TPSA) is 45.2 Å². The molecule has 1 rings (SSSR count). The Morgan fingerprint density at radius 2 is 2.22 bits per heavy atom. The lowest BCUT2D eigenvalue weighted by molar-refractivity contribution is 0.0746. The van der Waals surface area contributed by atoms with E-state index in [1.807, 2.05) is 20.8 Å². The summed E-state index contributed by atoms with van der Waals surface area (Å²) in [6.07, 6.45) is 1.10. The van der Waals surface area contributed by atoms with Crippen LogP contribution in [0.15, 0.2) is 12.3 Å². The van der Waals surface area contributed by atoms with Gasteiger partial charge in [-0.25, -0.2) is 9.37 Å². The molecule has 0 saturated heterocycles. The summed E-state index contributed by atoms with van der Waals surface area (Å²) in [6, 6.07) is 1.23. The van der Waals surface area contributed by atoms with Crippen molar-refractivity contribution in [3.05, 3.63) is 23.6 Å². The van der Waals surface area contributed by atoms with Crippen molar-refractivity contribution in [2.45, 2.75) is 20.8 Å². The second-order valence-corrected chi connectivity index (χ2v) is 4.54. The molecule has 18 heavy (non-hydrogen) atoms. The normalized spacial score (nSPS) is 10.6. The average Bonchev–Trinajstić information content (AvgIpc) is 2.34. The van der Waals surface area contributed by atoms with Crippen molar-refractivity contribution < 1.29 is 9.18 Å². The third kappa shape index (κ3) is 3.42. The van der Waals surface area contributed by atoms with E-state index in [-0.39, 0.29) is 11.5 Å². The summed E-state index contributed by atoms with van der Waals surface area (Å²) in [6.45, 7) is 7.23. The van der Waals surface area contributed by atoms with E-state index < -0.39 is 5.82 Å². The first kappa shape index (κ1) is 14.4. The number of hydrogen-bond acceptors (Lipinski definition) is 3. The van der Waals surface area contributed by atoms with Gasteiger partial charge in [-0.2, -0.15) is 0 Å². The Labute approximate surface area is 107 Å². The largest absolute Gasteiger partial charge is 0.372 e. The second kappa shape index (κ2) is 6.33. The average molecular weight is 253 g/mol. The smallest absolute Gasteiger partial charge is 0.257 e. The molecule has 0 unspecified atom stereocenters. The molecule has 0 aliphatic heterocycles. The van der Waals surface area contributed by atoms with Crippen LogP contribution in [0.5, 0.6) is 0 Å². The molecule has 0 aliphatic rings. The van der Waals surface area contributed by atoms with Gasteiger partial charge >= 0.3 is 0 Å². The number of carbonyl (C=O) groups excluding carboxylic acids is 1. The molecule has 1 aromatic heterocycles. The quantitative estimate of drug-likeness (QED) is 0.876. The van der Waals surface area contributed by atoms with Gasteiger partial charge in [-0.1, -0.05) is 13.8 Å². The zero-order chi connectivity index (χ0) is 13.7. The zero-order valence-corrected chi connectivity index (χ0v) is 11.3. The molecular formula is C13H20FN3O. The summed E-state index contributed by atoms with van der Waals surface area (Å²) in [4.78, 5) is 17.9. The van der Waals surface area contributed by atoms with E-state index in [0.717, 1.165) is 6.20 Å². The van der Waals surface area contributed by atoms with E-state index in [0.29, 0.717) is 24.8 Å². The van der Waals surface area contributed by atoms with Gasteiger partial charge in [0.05, 0.1) is 11.8 Å². The van der Waals surface area contributed by atoms with Crippen LogP contribution in [-0.2, 0) is 0 Å². The van der Waals surface area contributed by atoms with Crippen LogP contribution in [0.1, 0.15) is 31.1 Å². The first-order valence-corrected chi connectivity index (χ1v) is 6.12. The first-order chi connectivity index (χ1) is 8.49. The number of aromatic nitrogens is 1. The van der Waals surface area contributed by atoms with Gasteiger partial charge in [-0.15, -0.1) is 0 Å². The lowest BCUT2D eigenvalue weighted by atomic mass is 10.1. The van der Waals surface area contributed by atoms with E-state index in [1.165, 1.54) is 6.07 Å². The Kier molecular flexibility index (Phi) is 5.07. The van der Waals surface area contributed by atoms with Gasteiger partial charge in [0.2, 0.25) is 0 Å². The molecular weight excluding hydrogens is 233 g/mol. The number of nitrogens with one attached hydrogen (secondary N) is 1. The molecule has 1 heterocycles. The van der Waals surface area contributed by atoms with E-state index in [2.05, 4.69) is 10.3 Å². The molecule has 5 heteroatoms. The monoisotopic (exact) mass is 253 g/mol. The second-order valence-electron chi connectivity index (χ2n) is 4.54. The molecule has 0 aromatic carbocycles. The maximum atomic E-state index is 13.2. The fourth-order valence-electron chi connectivity index (χ4n) is 1.77. The fraction of sp³-hybridized carbons (Fsp3) is 0.538. The number of amides is 1. The molecule has 0 atom stereocenters. The number of rotatable bonds is 5. The Hall–Kier alpha value is -1.65. The van der Waals surface area contributed by atoms with Crippen molar-refractivity contribution in [2.75, 3.05) is 25.5 Å². The summed E-state index contributed by atoms with van der Waals surface area (Å²) in [7, 11) is 1.66. The number of nitrogens with zero attached hydrogens (tertiary/aromatic N) is 2. The highest BCUT2D eigenvalue weighted by Gasteiger charge is 2.19. The molecule has 0 fully saturated rings. The van der Waals surface area contributed by atoms with E-state index in [9.17, 15) is 9.18 Å². The van der Waals surface area contributed by atoms with Crippen LogP contribution in [0, 0.1) is 11.7 Å². The van der Waals surface area contributed by atoms with Gasteiger partial charge in [-0.05, 0) is 18.9 Å². The van der Waals surface area contributed by atoms with Gasteiger partial charge in [0, 0.05) is 20.1 Å². The van der Waals surface area contributed by atoms with E-state index in [1.54, 1.807) is 11.9 Å². The standard InChI is InChI=1S/C13H20FN3O/c1-5-17(8-9(2)3)13(18)11-6-10(14)7-16-12(11)15-4/h6-7,9H,5,8H2,1-4H3,(H,15,16). The molecule has 0 bridgehead atoms. The lowest BCUT2D eigenvalue weighted by Gasteiger charge is -2.23. The molecule has 0 saturated carbocycles. The van der Waals surface area contributed by atoms with Crippen LogP contribution in [0.2, 0.25) is 0 Å². The molecule has 0 spiro atoms. The number of halogens is 1. The number of carbonyl (C=O) groups is 1. The minimum Gasteiger partial charge on any atom is -0.372 e. The van der Waals surface area contributed by atoms with Crippen molar-refractivity contribution in [1.82, 2.24) is 9.88 Å². The van der Waals surface area contributed by atoms with E-state index >= 15 is 0 Å². The zero-order valence-electron chi connectivity index (χ0n) is 11.3. The van der Waals surface area contributed by atoms with Crippen molar-refractivity contribution >= 4 is 11.7 Å². The SMILES string of the molecule is CCN(CC(C)C)C(=O)c1cc(F)cnc1NC. The Balaban J connectivity index is 3.04. The lowest BCUT2D eigenvalue weighted by Crippen LogP contribution is -2.34. The van der Waals surface area contributed by atoms with Crippen LogP contribution in [-0.4, -0.2) is 35.9 Å². The molecule has 1 N–H and O–H groups in total. The molecule has 1 amide bonds. The predicted molar refractivity (Wildman–Crippen MR) is 70.2 cm³/mol. The summed E-state index contributed by atoms with van der Waals surface area (Å²) in [5.74, 6) is 0.0811. The molecule has 0 radical (unpaired) electrons. The van der Waals surface area contributed by atoms with Gasteiger partial charge < -0.3 is 10.2 Å². The van der Waals surface area contributed by atoms with Crippen molar-refractivity contribution in [3.8, 4) is 0 Å². The van der Waals surface area contributed by atoms with Crippen LogP contribution in [0.3, 0.4) is 0 Å². The summed E-state index contributed by atoms with van der Waals surface area (Å²) < 4.78 is 13.2. The molecule has 4 nitrogen and oxygen atoms in total. The number of hydrogen-bond donors (Lipinski definition) is 1. The van der Waals surface area contributed by atoms with Gasteiger partial charge in [-0.3, -0.25) is 4.79 Å². The number of anilines is 1. The fourth-order valence-corrected chi connectivity index (χ4v) is 1.77. The highest BCUT2D eigenvalue weighted by atomic mass is 19.1. The van der Waals surface area contributed by atoms with E-state index in [4.69, 9.17) is 0 Å². The summed E-state index contributed by atoms with van der Waals surface area (Å²) in [5, 5.41) is 2.81. The Morgan fingerprint density at radius 3 is 2.72 bits per heavy atom. The number of pyridine rings is 1. The molecule has 100 valence electrons. The van der Waals surface area contributed by atoms with Gasteiger partial charge in [0.25, 0.3) is 5.91 Å². The van der Waals surface area contributed by atoms with Gasteiger partial charge in [0.15, 0.2) is 0 Å². The molecule has 1 aromatic rings. The maximum Gasteiger partial charge on any atom is 0.257 e. The van der Waals surface area contributed by atoms with Crippen LogP contribution in [0.4, 0.5) is 10.2 Å². The summed E-state index contributed by atoms with van der Waals surface area (Å²) in [5.41, 5.74) is 0.278.